The highest BCUT2D eigenvalue weighted by molar-refractivity contribution is 7.85. The van der Waals surface area contributed by atoms with E-state index in [2.05, 4.69) is 15.5 Å². The van der Waals surface area contributed by atoms with Gasteiger partial charge in [-0.1, -0.05) is 0 Å². The normalized spacial score (nSPS) is 11.9. The number of azo groups is 1. The number of phenolic OH excluding ortho intramolecular Hbond substituents is 1. The second-order valence-electron chi connectivity index (χ2n) is 5.71. The predicted octanol–water partition coefficient (Wildman–Crippen LogP) is 1.99. The molecule has 1 amide bonds. The summed E-state index contributed by atoms with van der Waals surface area (Å²) in [5.41, 5.74) is 5.96. The van der Waals surface area contributed by atoms with Crippen LogP contribution in [0.15, 0.2) is 51.5 Å². The van der Waals surface area contributed by atoms with Crippen molar-refractivity contribution in [3.05, 3.63) is 42.0 Å². The van der Waals surface area contributed by atoms with Gasteiger partial charge in [0.2, 0.25) is 0 Å². The fourth-order valence-electron chi connectivity index (χ4n) is 2.18. The van der Waals surface area contributed by atoms with Crippen LogP contribution in [0.1, 0.15) is 10.4 Å². The lowest BCUT2D eigenvalue weighted by molar-refractivity contribution is -0.0974. The van der Waals surface area contributed by atoms with Crippen molar-refractivity contribution < 1.29 is 32.3 Å². The van der Waals surface area contributed by atoms with Crippen LogP contribution in [0, 0.1) is 0 Å². The Balaban J connectivity index is 2.21. The number of nitrogens with one attached hydrogen (secondary N) is 1. The van der Waals surface area contributed by atoms with Gasteiger partial charge in [-0.05, 0) is 36.4 Å². The molecule has 11 nitrogen and oxygen atoms in total. The molecule has 0 aliphatic carbocycles. The fourth-order valence-corrected chi connectivity index (χ4v) is 2.69. The summed E-state index contributed by atoms with van der Waals surface area (Å²) < 4.78 is 41.2. The number of aromatic hydroxyl groups is 1. The molecule has 0 fully saturated rings. The number of carbonyl (C=O) groups is 1. The lowest BCUT2D eigenvalue weighted by atomic mass is 10.2. The van der Waals surface area contributed by atoms with Crippen LogP contribution in [0.25, 0.3) is 0 Å². The zero-order valence-electron chi connectivity index (χ0n) is 15.6. The number of amides is 1. The van der Waals surface area contributed by atoms with Gasteiger partial charge in [0.1, 0.15) is 17.1 Å². The number of methoxy groups -OCH3 is 2. The standard InChI is InChI=1S/C17H20N4O7S/c1-27-16(28-2)9-19-17(23)10-3-6-15(22)14(7-10)21-20-13-5-4-11(8-12(13)18)29(24,25)26/h3-8,16,22H,9,18H2,1-2H3,(H,19,23)(H,24,25,26). The average molecular weight is 424 g/mol. The summed E-state index contributed by atoms with van der Waals surface area (Å²) in [5, 5.41) is 20.3. The first-order valence-corrected chi connectivity index (χ1v) is 9.55. The van der Waals surface area contributed by atoms with Crippen molar-refractivity contribution in [1.82, 2.24) is 5.32 Å². The molecule has 0 aliphatic heterocycles. The lowest BCUT2D eigenvalue weighted by Crippen LogP contribution is -2.34. The van der Waals surface area contributed by atoms with E-state index in [-0.39, 0.29) is 39.8 Å². The van der Waals surface area contributed by atoms with E-state index in [0.717, 1.165) is 12.1 Å². The fraction of sp³-hybridized carbons (Fsp3) is 0.235. The molecule has 12 heteroatoms. The molecule has 0 bridgehead atoms. The molecule has 0 saturated carbocycles. The van der Waals surface area contributed by atoms with Gasteiger partial charge in [-0.15, -0.1) is 10.2 Å². The van der Waals surface area contributed by atoms with Crippen LogP contribution in [0.3, 0.4) is 0 Å². The molecule has 2 aromatic carbocycles. The van der Waals surface area contributed by atoms with Crippen molar-refractivity contribution in [3.63, 3.8) is 0 Å². The minimum absolute atomic E-state index is 0.00839. The van der Waals surface area contributed by atoms with Crippen LogP contribution in [-0.4, -0.2) is 51.0 Å². The Hall–Kier alpha value is -3.06. The maximum atomic E-state index is 12.2. The molecule has 0 radical (unpaired) electrons. The van der Waals surface area contributed by atoms with Gasteiger partial charge in [0.15, 0.2) is 6.29 Å². The first-order chi connectivity index (χ1) is 13.7. The van der Waals surface area contributed by atoms with E-state index in [1.165, 1.54) is 38.5 Å². The first kappa shape index (κ1) is 22.2. The maximum absolute atomic E-state index is 12.2. The summed E-state index contributed by atoms with van der Waals surface area (Å²) in [6.07, 6.45) is -0.607. The molecule has 5 N–H and O–H groups in total. The molecule has 29 heavy (non-hydrogen) atoms. The molecular formula is C17H20N4O7S. The van der Waals surface area contributed by atoms with Gasteiger partial charge in [0.05, 0.1) is 17.1 Å². The molecule has 0 aliphatic rings. The molecule has 0 spiro atoms. The van der Waals surface area contributed by atoms with Crippen LogP contribution < -0.4 is 11.1 Å². The van der Waals surface area contributed by atoms with Gasteiger partial charge in [-0.3, -0.25) is 9.35 Å². The number of hydrogen-bond acceptors (Lipinski definition) is 9. The second kappa shape index (κ2) is 9.43. The van der Waals surface area contributed by atoms with Crippen molar-refractivity contribution >= 4 is 33.1 Å². The molecule has 2 aromatic rings. The number of nitrogen functional groups attached to an aromatic ring is 1. The Labute approximate surface area is 166 Å². The first-order valence-electron chi connectivity index (χ1n) is 8.11. The molecule has 0 heterocycles. The number of nitrogens with two attached hydrogens (primary N) is 1. The Morgan fingerprint density at radius 1 is 1.14 bits per heavy atom. The minimum Gasteiger partial charge on any atom is -0.506 e. The molecule has 156 valence electrons. The molecule has 0 saturated heterocycles. The van der Waals surface area contributed by atoms with Crippen LogP contribution >= 0.6 is 0 Å². The van der Waals surface area contributed by atoms with E-state index < -0.39 is 22.3 Å². The topological polar surface area (TPSA) is 173 Å². The zero-order chi connectivity index (χ0) is 21.6. The van der Waals surface area contributed by atoms with E-state index in [1.54, 1.807) is 0 Å². The highest BCUT2D eigenvalue weighted by Gasteiger charge is 2.13. The number of carbonyl (C=O) groups excluding carboxylic acids is 1. The summed E-state index contributed by atoms with van der Waals surface area (Å²) in [7, 11) is -1.53. The van der Waals surface area contributed by atoms with Crippen molar-refractivity contribution in [2.75, 3.05) is 26.5 Å². The third-order valence-corrected chi connectivity index (χ3v) is 4.60. The summed E-state index contributed by atoms with van der Waals surface area (Å²) in [5.74, 6) is -0.678. The SMILES string of the molecule is COC(CNC(=O)c1ccc(O)c(N=Nc2ccc(S(=O)(=O)O)cc2N)c1)OC. The molecule has 0 unspecified atom stereocenters. The van der Waals surface area contributed by atoms with Crippen molar-refractivity contribution in [1.29, 1.82) is 0 Å². The van der Waals surface area contributed by atoms with Crippen molar-refractivity contribution in [3.8, 4) is 5.75 Å². The monoisotopic (exact) mass is 424 g/mol. The van der Waals surface area contributed by atoms with E-state index in [9.17, 15) is 18.3 Å². The maximum Gasteiger partial charge on any atom is 0.294 e. The van der Waals surface area contributed by atoms with Crippen molar-refractivity contribution in [2.45, 2.75) is 11.2 Å². The van der Waals surface area contributed by atoms with Gasteiger partial charge < -0.3 is 25.6 Å². The Morgan fingerprint density at radius 2 is 1.79 bits per heavy atom. The quantitative estimate of drug-likeness (QED) is 0.215. The molecule has 0 atom stereocenters. The Kier molecular flexibility index (Phi) is 7.23. The van der Waals surface area contributed by atoms with Gasteiger partial charge in [-0.2, -0.15) is 8.42 Å². The van der Waals surface area contributed by atoms with Gasteiger partial charge in [0, 0.05) is 19.8 Å². The third kappa shape index (κ3) is 5.96. The molecular weight excluding hydrogens is 404 g/mol. The van der Waals surface area contributed by atoms with Crippen molar-refractivity contribution in [2.24, 2.45) is 10.2 Å². The van der Waals surface area contributed by atoms with Crippen LogP contribution in [0.4, 0.5) is 17.1 Å². The molecule has 0 aromatic heterocycles. The highest BCUT2D eigenvalue weighted by Crippen LogP contribution is 2.31. The van der Waals surface area contributed by atoms with E-state index in [0.29, 0.717) is 0 Å². The van der Waals surface area contributed by atoms with E-state index in [1.807, 2.05) is 0 Å². The van der Waals surface area contributed by atoms with E-state index >= 15 is 0 Å². The van der Waals surface area contributed by atoms with E-state index in [4.69, 9.17) is 19.8 Å². The number of anilines is 1. The summed E-state index contributed by atoms with van der Waals surface area (Å²) in [6.45, 7) is 0.111. The average Bonchev–Trinajstić information content (AvgIpc) is 2.68. The number of nitrogens with zero attached hydrogens (tertiary/aromatic N) is 2. The van der Waals surface area contributed by atoms with Crippen LogP contribution in [0.2, 0.25) is 0 Å². The van der Waals surface area contributed by atoms with Crippen LogP contribution in [0.5, 0.6) is 5.75 Å². The third-order valence-electron chi connectivity index (χ3n) is 3.75. The number of benzene rings is 2. The van der Waals surface area contributed by atoms with Gasteiger partial charge in [-0.25, -0.2) is 0 Å². The number of ether oxygens (including phenoxy) is 2. The summed E-state index contributed by atoms with van der Waals surface area (Å²) in [4.78, 5) is 11.8. The highest BCUT2D eigenvalue weighted by atomic mass is 32.2. The lowest BCUT2D eigenvalue weighted by Gasteiger charge is -2.14. The molecule has 2 rings (SSSR count). The number of hydrogen-bond donors (Lipinski definition) is 4. The summed E-state index contributed by atoms with van der Waals surface area (Å²) >= 11 is 0. The van der Waals surface area contributed by atoms with Crippen LogP contribution in [-0.2, 0) is 19.6 Å². The Bertz CT molecular complexity index is 1020. The minimum atomic E-state index is -4.40. The number of phenols is 1. The predicted molar refractivity (Wildman–Crippen MR) is 103 cm³/mol. The summed E-state index contributed by atoms with van der Waals surface area (Å²) in [6, 6.07) is 7.35. The number of rotatable bonds is 8. The smallest absolute Gasteiger partial charge is 0.294 e. The second-order valence-corrected chi connectivity index (χ2v) is 7.13. The van der Waals surface area contributed by atoms with Gasteiger partial charge in [0.25, 0.3) is 16.0 Å². The zero-order valence-corrected chi connectivity index (χ0v) is 16.4. The Morgan fingerprint density at radius 3 is 2.38 bits per heavy atom. The largest absolute Gasteiger partial charge is 0.506 e. The van der Waals surface area contributed by atoms with Gasteiger partial charge >= 0.3 is 0 Å².